The summed E-state index contributed by atoms with van der Waals surface area (Å²) in [7, 11) is 0. The van der Waals surface area contributed by atoms with Gasteiger partial charge in [0.25, 0.3) is 0 Å². The van der Waals surface area contributed by atoms with E-state index in [0.29, 0.717) is 30.0 Å². The van der Waals surface area contributed by atoms with Crippen LogP contribution in [0.3, 0.4) is 0 Å². The van der Waals surface area contributed by atoms with Crippen LogP contribution in [-0.2, 0) is 11.2 Å². The SMILES string of the molecule is C=C(CCC)Cc1ccc(OC2(C(=O)[O-])CCC2)c(Cl)c1Cl.[Na+]. The fraction of sp³-hybridized carbons (Fsp3) is 0.471. The summed E-state index contributed by atoms with van der Waals surface area (Å²) in [5, 5.41) is 11.9. The first-order valence-electron chi connectivity index (χ1n) is 7.43. The smallest absolute Gasteiger partial charge is 0.546 e. The van der Waals surface area contributed by atoms with Crippen molar-refractivity contribution in [3.05, 3.63) is 39.9 Å². The van der Waals surface area contributed by atoms with Crippen molar-refractivity contribution >= 4 is 29.2 Å². The van der Waals surface area contributed by atoms with Crippen molar-refractivity contribution in [1.29, 1.82) is 0 Å². The van der Waals surface area contributed by atoms with Gasteiger partial charge in [0.1, 0.15) is 16.4 Å². The Morgan fingerprint density at radius 3 is 2.48 bits per heavy atom. The summed E-state index contributed by atoms with van der Waals surface area (Å²) in [5.74, 6) is -0.910. The van der Waals surface area contributed by atoms with Gasteiger partial charge in [-0.2, -0.15) is 0 Å². The molecule has 0 atom stereocenters. The summed E-state index contributed by atoms with van der Waals surface area (Å²) in [6, 6.07) is 3.48. The number of halogens is 2. The Morgan fingerprint density at radius 2 is 2.00 bits per heavy atom. The molecule has 0 unspecified atom stereocenters. The molecule has 1 aliphatic rings. The molecule has 1 saturated carbocycles. The number of carbonyl (C=O) groups excluding carboxylic acids is 1. The van der Waals surface area contributed by atoms with E-state index in [9.17, 15) is 9.90 Å². The molecule has 0 aliphatic heterocycles. The Labute approximate surface area is 169 Å². The summed E-state index contributed by atoms with van der Waals surface area (Å²) in [6.45, 7) is 6.11. The van der Waals surface area contributed by atoms with Gasteiger partial charge in [-0.05, 0) is 43.7 Å². The molecule has 1 aliphatic carbocycles. The van der Waals surface area contributed by atoms with E-state index in [1.54, 1.807) is 6.07 Å². The van der Waals surface area contributed by atoms with Crippen LogP contribution in [0.25, 0.3) is 0 Å². The Kier molecular flexibility index (Phi) is 7.96. The van der Waals surface area contributed by atoms with Crippen LogP contribution >= 0.6 is 23.2 Å². The van der Waals surface area contributed by atoms with Gasteiger partial charge in [-0.1, -0.05) is 54.8 Å². The van der Waals surface area contributed by atoms with E-state index < -0.39 is 11.6 Å². The molecule has 3 nitrogen and oxygen atoms in total. The minimum absolute atomic E-state index is 0. The largest absolute Gasteiger partial charge is 1.00 e. The zero-order valence-corrected chi connectivity index (χ0v) is 17.1. The number of rotatable bonds is 7. The quantitative estimate of drug-likeness (QED) is 0.534. The van der Waals surface area contributed by atoms with Gasteiger partial charge in [0.2, 0.25) is 0 Å². The zero-order chi connectivity index (χ0) is 16.3. The van der Waals surface area contributed by atoms with E-state index in [-0.39, 0.29) is 34.6 Å². The van der Waals surface area contributed by atoms with E-state index >= 15 is 0 Å². The van der Waals surface area contributed by atoms with Gasteiger partial charge >= 0.3 is 29.6 Å². The summed E-state index contributed by atoms with van der Waals surface area (Å²) in [5.41, 5.74) is 0.688. The molecule has 23 heavy (non-hydrogen) atoms. The third kappa shape index (κ3) is 4.67. The molecule has 0 saturated heterocycles. The van der Waals surface area contributed by atoms with E-state index in [1.807, 2.05) is 6.07 Å². The Bertz CT molecular complexity index is 598. The molecule has 0 bridgehead atoms. The van der Waals surface area contributed by atoms with Gasteiger partial charge < -0.3 is 14.6 Å². The molecule has 6 heteroatoms. The number of carboxylic acid groups (broad SMARTS) is 1. The number of ether oxygens (including phenoxy) is 1. The van der Waals surface area contributed by atoms with Crippen molar-refractivity contribution in [3.8, 4) is 5.75 Å². The van der Waals surface area contributed by atoms with Crippen LogP contribution in [0.15, 0.2) is 24.3 Å². The Morgan fingerprint density at radius 1 is 1.35 bits per heavy atom. The minimum atomic E-state index is -1.26. The summed E-state index contributed by atoms with van der Waals surface area (Å²) >= 11 is 12.5. The molecule has 0 aromatic heterocycles. The van der Waals surface area contributed by atoms with Gasteiger partial charge in [-0.15, -0.1) is 0 Å². The number of carboxylic acids is 1. The van der Waals surface area contributed by atoms with Crippen molar-refractivity contribution in [2.75, 3.05) is 0 Å². The van der Waals surface area contributed by atoms with Crippen molar-refractivity contribution < 1.29 is 44.2 Å². The first-order chi connectivity index (χ1) is 10.4. The van der Waals surface area contributed by atoms with Gasteiger partial charge in [-0.3, -0.25) is 0 Å². The predicted octanol–water partition coefficient (Wildman–Crippen LogP) is 0.948. The zero-order valence-electron chi connectivity index (χ0n) is 13.6. The average molecular weight is 365 g/mol. The number of carbonyl (C=O) groups is 1. The normalized spacial score (nSPS) is 15.3. The second-order valence-corrected chi connectivity index (χ2v) is 6.52. The van der Waals surface area contributed by atoms with Crippen LogP contribution in [-0.4, -0.2) is 11.6 Å². The number of hydrogen-bond donors (Lipinski definition) is 0. The third-order valence-electron chi connectivity index (χ3n) is 4.01. The van der Waals surface area contributed by atoms with Crippen molar-refractivity contribution in [2.24, 2.45) is 0 Å². The van der Waals surface area contributed by atoms with Crippen molar-refractivity contribution in [1.82, 2.24) is 0 Å². The minimum Gasteiger partial charge on any atom is -0.546 e. The van der Waals surface area contributed by atoms with Crippen LogP contribution in [0.1, 0.15) is 44.6 Å². The molecule has 0 amide bonds. The van der Waals surface area contributed by atoms with Crippen molar-refractivity contribution in [3.63, 3.8) is 0 Å². The maximum atomic E-state index is 11.3. The predicted molar refractivity (Wildman–Crippen MR) is 86.4 cm³/mol. The monoisotopic (exact) mass is 364 g/mol. The van der Waals surface area contributed by atoms with E-state index in [4.69, 9.17) is 27.9 Å². The van der Waals surface area contributed by atoms with Gasteiger partial charge in [-0.25, -0.2) is 0 Å². The maximum absolute atomic E-state index is 11.3. The first kappa shape index (κ1) is 20.9. The summed E-state index contributed by atoms with van der Waals surface area (Å²) in [6.07, 6.45) is 4.27. The van der Waals surface area contributed by atoms with Crippen LogP contribution in [0, 0.1) is 0 Å². The Balaban J connectivity index is 0.00000264. The molecular weight excluding hydrogens is 346 g/mol. The van der Waals surface area contributed by atoms with E-state index in [2.05, 4.69) is 13.5 Å². The molecular formula is C17H19Cl2NaO3. The molecule has 0 radical (unpaired) electrons. The molecule has 1 aromatic carbocycles. The standard InChI is InChI=1S/C17H20Cl2O3.Na/c1-3-5-11(2)10-12-6-7-13(15(19)14(12)18)22-17(16(20)21)8-4-9-17;/h6-7H,2-5,8-10H2,1H3,(H,20,21);/q;+1/p-1. The number of aliphatic carboxylic acids is 1. The summed E-state index contributed by atoms with van der Waals surface area (Å²) in [4.78, 5) is 11.3. The second kappa shape index (κ2) is 8.77. The molecule has 120 valence electrons. The number of hydrogen-bond acceptors (Lipinski definition) is 3. The van der Waals surface area contributed by atoms with Crippen LogP contribution in [0.2, 0.25) is 10.0 Å². The van der Waals surface area contributed by atoms with Crippen molar-refractivity contribution in [2.45, 2.75) is 51.0 Å². The van der Waals surface area contributed by atoms with E-state index in [0.717, 1.165) is 30.4 Å². The summed E-state index contributed by atoms with van der Waals surface area (Å²) < 4.78 is 5.62. The van der Waals surface area contributed by atoms with Gasteiger partial charge in [0.15, 0.2) is 0 Å². The van der Waals surface area contributed by atoms with Crippen LogP contribution in [0.5, 0.6) is 5.75 Å². The van der Waals surface area contributed by atoms with E-state index in [1.165, 1.54) is 0 Å². The molecule has 2 rings (SSSR count). The molecule has 1 aromatic rings. The third-order valence-corrected chi connectivity index (χ3v) is 4.91. The first-order valence-corrected chi connectivity index (χ1v) is 8.19. The molecule has 1 fully saturated rings. The average Bonchev–Trinajstić information content (AvgIpc) is 2.41. The molecule has 0 N–H and O–H groups in total. The number of allylic oxidation sites excluding steroid dienone is 1. The topological polar surface area (TPSA) is 49.4 Å². The Hall–Kier alpha value is -0.190. The van der Waals surface area contributed by atoms with Crippen LogP contribution < -0.4 is 39.4 Å². The molecule has 0 heterocycles. The molecule has 0 spiro atoms. The fourth-order valence-corrected chi connectivity index (χ4v) is 3.00. The van der Waals surface area contributed by atoms with Gasteiger partial charge in [0.05, 0.1) is 11.0 Å². The van der Waals surface area contributed by atoms with Crippen LogP contribution in [0.4, 0.5) is 0 Å². The number of benzene rings is 1. The van der Waals surface area contributed by atoms with Gasteiger partial charge in [0, 0.05) is 0 Å². The maximum Gasteiger partial charge on any atom is 1.00 e. The fourth-order valence-electron chi connectivity index (χ4n) is 2.55. The second-order valence-electron chi connectivity index (χ2n) is 5.76.